The second kappa shape index (κ2) is 7.60. The van der Waals surface area contributed by atoms with Crippen molar-refractivity contribution in [3.05, 3.63) is 33.3 Å². The smallest absolute Gasteiger partial charge is 0.0576 e. The maximum absolute atomic E-state index is 6.05. The Hall–Kier alpha value is -0.130. The van der Waals surface area contributed by atoms with Crippen LogP contribution in [0.15, 0.2) is 22.7 Å². The van der Waals surface area contributed by atoms with Gasteiger partial charge in [-0.15, -0.1) is 0 Å². The van der Waals surface area contributed by atoms with E-state index >= 15 is 0 Å². The number of nitrogens with two attached hydrogens (primary N) is 1. The van der Waals surface area contributed by atoms with Crippen LogP contribution in [0.5, 0.6) is 0 Å². The van der Waals surface area contributed by atoms with E-state index in [2.05, 4.69) is 21.4 Å². The average Bonchev–Trinajstić information content (AvgIpc) is 2.91. The van der Waals surface area contributed by atoms with Gasteiger partial charge in [0, 0.05) is 22.1 Å². The van der Waals surface area contributed by atoms with E-state index in [1.807, 2.05) is 18.2 Å². The van der Waals surface area contributed by atoms with E-state index in [-0.39, 0.29) is 6.04 Å². The summed E-state index contributed by atoms with van der Waals surface area (Å²) in [5.74, 6) is 5.67. The Kier molecular flexibility index (Phi) is 6.10. The summed E-state index contributed by atoms with van der Waals surface area (Å²) >= 11 is 9.60. The largest absolute Gasteiger partial charge is 0.378 e. The van der Waals surface area contributed by atoms with Gasteiger partial charge in [0.15, 0.2) is 0 Å². The van der Waals surface area contributed by atoms with Crippen LogP contribution in [-0.2, 0) is 4.74 Å². The number of nitrogens with one attached hydrogen (secondary N) is 1. The SMILES string of the molecule is NNC(CCCC1CCCO1)c1cc(Cl)ccc1Br. The summed E-state index contributed by atoms with van der Waals surface area (Å²) in [6.45, 7) is 0.920. The van der Waals surface area contributed by atoms with Gasteiger partial charge in [0.05, 0.1) is 6.10 Å². The second-order valence-electron chi connectivity index (χ2n) is 4.95. The third-order valence-corrected chi connectivity index (χ3v) is 4.53. The molecule has 1 aromatic carbocycles. The third kappa shape index (κ3) is 4.43. The lowest BCUT2D eigenvalue weighted by Gasteiger charge is -2.19. The molecule has 0 radical (unpaired) electrons. The zero-order valence-electron chi connectivity index (χ0n) is 10.9. The summed E-state index contributed by atoms with van der Waals surface area (Å²) in [5, 5.41) is 0.734. The van der Waals surface area contributed by atoms with Crippen molar-refractivity contribution in [2.45, 2.75) is 44.2 Å². The summed E-state index contributed by atoms with van der Waals surface area (Å²) in [6.07, 6.45) is 6.02. The van der Waals surface area contributed by atoms with Gasteiger partial charge in [0.25, 0.3) is 0 Å². The lowest BCUT2D eigenvalue weighted by atomic mass is 10.00. The Morgan fingerprint density at radius 1 is 1.53 bits per heavy atom. The van der Waals surface area contributed by atoms with Gasteiger partial charge in [-0.2, -0.15) is 0 Å². The molecule has 19 heavy (non-hydrogen) atoms. The fourth-order valence-corrected chi connectivity index (χ4v) is 3.24. The molecule has 0 amide bonds. The molecule has 2 rings (SSSR count). The van der Waals surface area contributed by atoms with E-state index in [1.165, 1.54) is 12.8 Å². The Morgan fingerprint density at radius 3 is 3.05 bits per heavy atom. The van der Waals surface area contributed by atoms with Gasteiger partial charge in [-0.3, -0.25) is 11.3 Å². The number of halogens is 2. The molecule has 2 atom stereocenters. The highest BCUT2D eigenvalue weighted by Crippen LogP contribution is 2.30. The Balaban J connectivity index is 1.89. The van der Waals surface area contributed by atoms with Crippen LogP contribution in [0.3, 0.4) is 0 Å². The molecule has 106 valence electrons. The number of ether oxygens (including phenoxy) is 1. The number of hydrogen-bond donors (Lipinski definition) is 2. The first-order valence-electron chi connectivity index (χ1n) is 6.73. The highest BCUT2D eigenvalue weighted by atomic mass is 79.9. The summed E-state index contributed by atoms with van der Waals surface area (Å²) < 4.78 is 6.67. The topological polar surface area (TPSA) is 47.3 Å². The molecule has 3 N–H and O–H groups in total. The Labute approximate surface area is 127 Å². The van der Waals surface area contributed by atoms with E-state index in [0.717, 1.165) is 40.9 Å². The Morgan fingerprint density at radius 2 is 2.37 bits per heavy atom. The molecule has 3 nitrogen and oxygen atoms in total. The van der Waals surface area contributed by atoms with Gasteiger partial charge >= 0.3 is 0 Å². The molecule has 0 saturated carbocycles. The van der Waals surface area contributed by atoms with E-state index < -0.39 is 0 Å². The van der Waals surface area contributed by atoms with Gasteiger partial charge < -0.3 is 4.74 Å². The van der Waals surface area contributed by atoms with Crippen molar-refractivity contribution >= 4 is 27.5 Å². The molecule has 0 bridgehead atoms. The molecular formula is C14H20BrClN2O. The van der Waals surface area contributed by atoms with Gasteiger partial charge in [-0.25, -0.2) is 0 Å². The third-order valence-electron chi connectivity index (χ3n) is 3.58. The highest BCUT2D eigenvalue weighted by Gasteiger charge is 2.17. The van der Waals surface area contributed by atoms with Crippen LogP contribution in [-0.4, -0.2) is 12.7 Å². The second-order valence-corrected chi connectivity index (χ2v) is 6.24. The van der Waals surface area contributed by atoms with Crippen LogP contribution in [0.1, 0.15) is 43.7 Å². The van der Waals surface area contributed by atoms with Crippen LogP contribution >= 0.6 is 27.5 Å². The molecule has 0 aromatic heterocycles. The average molecular weight is 348 g/mol. The minimum absolute atomic E-state index is 0.120. The van der Waals surface area contributed by atoms with Crippen molar-refractivity contribution in [3.8, 4) is 0 Å². The molecule has 1 saturated heterocycles. The number of hydrazine groups is 1. The van der Waals surface area contributed by atoms with Crippen molar-refractivity contribution in [1.82, 2.24) is 5.43 Å². The molecule has 1 aliphatic rings. The Bertz CT molecular complexity index is 410. The molecule has 0 spiro atoms. The highest BCUT2D eigenvalue weighted by molar-refractivity contribution is 9.10. The quantitative estimate of drug-likeness (QED) is 0.605. The van der Waals surface area contributed by atoms with Crippen molar-refractivity contribution in [1.29, 1.82) is 0 Å². The zero-order valence-corrected chi connectivity index (χ0v) is 13.2. The predicted octanol–water partition coefficient (Wildman–Crippen LogP) is 3.96. The maximum atomic E-state index is 6.05. The van der Waals surface area contributed by atoms with Crippen molar-refractivity contribution in [3.63, 3.8) is 0 Å². The fraction of sp³-hybridized carbons (Fsp3) is 0.571. The van der Waals surface area contributed by atoms with Crippen molar-refractivity contribution < 1.29 is 4.74 Å². The lowest BCUT2D eigenvalue weighted by Crippen LogP contribution is -2.28. The molecule has 1 fully saturated rings. The zero-order chi connectivity index (χ0) is 13.7. The first kappa shape index (κ1) is 15.3. The summed E-state index contributed by atoms with van der Waals surface area (Å²) in [5.41, 5.74) is 4.00. The first-order valence-corrected chi connectivity index (χ1v) is 7.90. The monoisotopic (exact) mass is 346 g/mol. The summed E-state index contributed by atoms with van der Waals surface area (Å²) in [7, 11) is 0. The van der Waals surface area contributed by atoms with Crippen LogP contribution in [0, 0.1) is 0 Å². The number of benzene rings is 1. The molecule has 1 aromatic rings. The first-order chi connectivity index (χ1) is 9.20. The van der Waals surface area contributed by atoms with Crippen LogP contribution in [0.25, 0.3) is 0 Å². The van der Waals surface area contributed by atoms with Crippen LogP contribution in [0.2, 0.25) is 5.02 Å². The molecule has 1 aliphatic heterocycles. The van der Waals surface area contributed by atoms with Gasteiger partial charge in [0.2, 0.25) is 0 Å². The standard InChI is InChI=1S/C14H20BrClN2O/c15-13-7-6-10(16)9-12(13)14(18-17)5-1-3-11-4-2-8-19-11/h6-7,9,11,14,18H,1-5,8,17H2. The number of hydrogen-bond acceptors (Lipinski definition) is 3. The normalized spacial score (nSPS) is 20.7. The molecule has 0 aliphatic carbocycles. The summed E-state index contributed by atoms with van der Waals surface area (Å²) in [4.78, 5) is 0. The van der Waals surface area contributed by atoms with E-state index in [4.69, 9.17) is 22.2 Å². The van der Waals surface area contributed by atoms with Crippen molar-refractivity contribution in [2.75, 3.05) is 6.61 Å². The van der Waals surface area contributed by atoms with Crippen LogP contribution < -0.4 is 11.3 Å². The fourth-order valence-electron chi connectivity index (χ4n) is 2.53. The molecular weight excluding hydrogens is 328 g/mol. The lowest BCUT2D eigenvalue weighted by molar-refractivity contribution is 0.101. The van der Waals surface area contributed by atoms with E-state index in [9.17, 15) is 0 Å². The molecule has 5 heteroatoms. The molecule has 2 unspecified atom stereocenters. The maximum Gasteiger partial charge on any atom is 0.0576 e. The minimum Gasteiger partial charge on any atom is -0.378 e. The van der Waals surface area contributed by atoms with Gasteiger partial charge in [-0.1, -0.05) is 27.5 Å². The van der Waals surface area contributed by atoms with Gasteiger partial charge in [0.1, 0.15) is 0 Å². The predicted molar refractivity (Wildman–Crippen MR) is 82.0 cm³/mol. The van der Waals surface area contributed by atoms with E-state index in [1.54, 1.807) is 0 Å². The summed E-state index contributed by atoms with van der Waals surface area (Å²) in [6, 6.07) is 5.91. The van der Waals surface area contributed by atoms with Crippen LogP contribution in [0.4, 0.5) is 0 Å². The van der Waals surface area contributed by atoms with Gasteiger partial charge in [-0.05, 0) is 55.9 Å². The number of rotatable bonds is 6. The minimum atomic E-state index is 0.120. The van der Waals surface area contributed by atoms with E-state index in [0.29, 0.717) is 6.10 Å². The molecule has 1 heterocycles. The van der Waals surface area contributed by atoms with Crippen molar-refractivity contribution in [2.24, 2.45) is 5.84 Å².